The van der Waals surface area contributed by atoms with Gasteiger partial charge in [-0.3, -0.25) is 0 Å². The fourth-order valence-electron chi connectivity index (χ4n) is 2.65. The summed E-state index contributed by atoms with van der Waals surface area (Å²) in [5.74, 6) is 1.59. The molecule has 4 aromatic rings. The molecule has 3 heterocycles. The predicted molar refractivity (Wildman–Crippen MR) is 92.2 cm³/mol. The summed E-state index contributed by atoms with van der Waals surface area (Å²) in [6.07, 6.45) is 1.53. The van der Waals surface area contributed by atoms with Gasteiger partial charge in [0.1, 0.15) is 22.6 Å². The van der Waals surface area contributed by atoms with E-state index in [1.54, 1.807) is 4.68 Å². The van der Waals surface area contributed by atoms with Gasteiger partial charge in [0, 0.05) is 7.05 Å². The van der Waals surface area contributed by atoms with Gasteiger partial charge in [0.25, 0.3) is 0 Å². The Morgan fingerprint density at radius 2 is 2.17 bits per heavy atom. The molecule has 0 saturated heterocycles. The highest BCUT2D eigenvalue weighted by Crippen LogP contribution is 2.27. The van der Waals surface area contributed by atoms with E-state index >= 15 is 0 Å². The number of imidazole rings is 1. The SMILES string of the molecule is Cc1cccc2[nH]c(CNc3ncnc4c3c(Br)nn4C)nc12. The Hall–Kier alpha value is -2.48. The van der Waals surface area contributed by atoms with Gasteiger partial charge in [-0.2, -0.15) is 5.10 Å². The van der Waals surface area contributed by atoms with Crippen LogP contribution in [0.1, 0.15) is 11.4 Å². The summed E-state index contributed by atoms with van der Waals surface area (Å²) < 4.78 is 2.44. The maximum atomic E-state index is 4.64. The average molecular weight is 372 g/mol. The summed E-state index contributed by atoms with van der Waals surface area (Å²) in [6.45, 7) is 2.60. The molecule has 4 rings (SSSR count). The largest absolute Gasteiger partial charge is 0.362 e. The number of aromatic amines is 1. The van der Waals surface area contributed by atoms with Gasteiger partial charge in [-0.15, -0.1) is 0 Å². The third kappa shape index (κ3) is 2.35. The molecule has 2 N–H and O–H groups in total. The van der Waals surface area contributed by atoms with Gasteiger partial charge in [0.15, 0.2) is 5.65 Å². The maximum absolute atomic E-state index is 4.64. The fourth-order valence-corrected chi connectivity index (χ4v) is 3.26. The van der Waals surface area contributed by atoms with Crippen molar-refractivity contribution in [3.05, 3.63) is 40.5 Å². The number of halogens is 1. The molecular formula is C15H14BrN7. The number of anilines is 1. The molecule has 7 nitrogen and oxygen atoms in total. The molecule has 0 aliphatic carbocycles. The number of nitrogens with zero attached hydrogens (tertiary/aromatic N) is 5. The number of hydrogen-bond donors (Lipinski definition) is 2. The highest BCUT2D eigenvalue weighted by molar-refractivity contribution is 9.10. The second-order valence-electron chi connectivity index (χ2n) is 5.34. The minimum Gasteiger partial charge on any atom is -0.362 e. The van der Waals surface area contributed by atoms with Crippen LogP contribution in [0.3, 0.4) is 0 Å². The molecule has 1 aromatic carbocycles. The zero-order chi connectivity index (χ0) is 16.0. The Bertz CT molecular complexity index is 1020. The lowest BCUT2D eigenvalue weighted by atomic mass is 10.2. The maximum Gasteiger partial charge on any atom is 0.164 e. The highest BCUT2D eigenvalue weighted by Gasteiger charge is 2.13. The van der Waals surface area contributed by atoms with Crippen molar-refractivity contribution in [1.29, 1.82) is 0 Å². The number of nitrogens with one attached hydrogen (secondary N) is 2. The van der Waals surface area contributed by atoms with Gasteiger partial charge in [0.2, 0.25) is 0 Å². The molecule has 0 aliphatic heterocycles. The Kier molecular flexibility index (Phi) is 3.26. The first kappa shape index (κ1) is 14.1. The van der Waals surface area contributed by atoms with Crippen molar-refractivity contribution in [2.75, 3.05) is 5.32 Å². The molecule has 0 saturated carbocycles. The Morgan fingerprint density at radius 3 is 3.00 bits per heavy atom. The van der Waals surface area contributed by atoms with Crippen molar-refractivity contribution >= 4 is 43.8 Å². The predicted octanol–water partition coefficient (Wildman–Crippen LogP) is 2.92. The first-order chi connectivity index (χ1) is 11.1. The normalized spacial score (nSPS) is 11.4. The summed E-state index contributed by atoms with van der Waals surface area (Å²) in [5, 5.41) is 8.49. The zero-order valence-electron chi connectivity index (χ0n) is 12.6. The fraction of sp³-hybridized carbons (Fsp3) is 0.200. The van der Waals surface area contributed by atoms with Crippen LogP contribution in [-0.2, 0) is 13.6 Å². The first-order valence-electron chi connectivity index (χ1n) is 7.15. The van der Waals surface area contributed by atoms with E-state index in [4.69, 9.17) is 0 Å². The van der Waals surface area contributed by atoms with Crippen LogP contribution < -0.4 is 5.32 Å². The molecule has 0 spiro atoms. The van der Waals surface area contributed by atoms with Crippen molar-refractivity contribution in [2.45, 2.75) is 13.5 Å². The van der Waals surface area contributed by atoms with Gasteiger partial charge in [-0.05, 0) is 34.5 Å². The molecule has 8 heteroatoms. The monoisotopic (exact) mass is 371 g/mol. The van der Waals surface area contributed by atoms with E-state index in [0.717, 1.165) is 43.9 Å². The Morgan fingerprint density at radius 1 is 1.30 bits per heavy atom. The number of aromatic nitrogens is 6. The van der Waals surface area contributed by atoms with E-state index in [1.807, 2.05) is 19.2 Å². The molecule has 116 valence electrons. The molecule has 0 amide bonds. The van der Waals surface area contributed by atoms with Crippen LogP contribution in [0.25, 0.3) is 22.1 Å². The third-order valence-electron chi connectivity index (χ3n) is 3.76. The minimum atomic E-state index is 0.543. The molecule has 3 aromatic heterocycles. The number of H-pyrrole nitrogens is 1. The van der Waals surface area contributed by atoms with E-state index < -0.39 is 0 Å². The van der Waals surface area contributed by atoms with Gasteiger partial charge >= 0.3 is 0 Å². The average Bonchev–Trinajstić information content (AvgIpc) is 3.08. The van der Waals surface area contributed by atoms with Crippen molar-refractivity contribution in [1.82, 2.24) is 29.7 Å². The lowest BCUT2D eigenvalue weighted by Crippen LogP contribution is -2.04. The van der Waals surface area contributed by atoms with Gasteiger partial charge in [0.05, 0.1) is 23.0 Å². The lowest BCUT2D eigenvalue weighted by molar-refractivity contribution is 0.777. The number of benzene rings is 1. The lowest BCUT2D eigenvalue weighted by Gasteiger charge is -2.04. The van der Waals surface area contributed by atoms with Gasteiger partial charge < -0.3 is 10.3 Å². The quantitative estimate of drug-likeness (QED) is 0.578. The summed E-state index contributed by atoms with van der Waals surface area (Å²) in [4.78, 5) is 16.5. The standard InChI is InChI=1S/C15H14BrN7/c1-8-4-3-5-9-12(8)21-10(20-9)6-17-14-11-13(16)22-23(2)15(11)19-7-18-14/h3-5,7H,6H2,1-2H3,(H,20,21)(H,17,18,19). The zero-order valence-corrected chi connectivity index (χ0v) is 14.2. The van der Waals surface area contributed by atoms with E-state index in [9.17, 15) is 0 Å². The first-order valence-corrected chi connectivity index (χ1v) is 7.94. The van der Waals surface area contributed by atoms with Crippen LogP contribution in [0, 0.1) is 6.92 Å². The van der Waals surface area contributed by atoms with E-state index in [0.29, 0.717) is 6.54 Å². The summed E-state index contributed by atoms with van der Waals surface area (Å²) >= 11 is 3.46. The topological polar surface area (TPSA) is 84.3 Å². The number of rotatable bonds is 3. The molecule has 23 heavy (non-hydrogen) atoms. The molecule has 0 atom stereocenters. The Balaban J connectivity index is 1.67. The second-order valence-corrected chi connectivity index (χ2v) is 6.09. The minimum absolute atomic E-state index is 0.543. The van der Waals surface area contributed by atoms with Gasteiger partial charge in [-0.25, -0.2) is 19.6 Å². The van der Waals surface area contributed by atoms with Crippen molar-refractivity contribution in [2.24, 2.45) is 7.05 Å². The molecule has 0 aliphatic rings. The number of aryl methyl sites for hydroxylation is 2. The summed E-state index contributed by atoms with van der Waals surface area (Å²) in [7, 11) is 1.85. The number of hydrogen-bond acceptors (Lipinski definition) is 5. The van der Waals surface area contributed by atoms with Crippen LogP contribution in [-0.4, -0.2) is 29.7 Å². The van der Waals surface area contributed by atoms with Crippen LogP contribution >= 0.6 is 15.9 Å². The van der Waals surface area contributed by atoms with Crippen LogP contribution in [0.2, 0.25) is 0 Å². The molecule has 0 fully saturated rings. The number of fused-ring (bicyclic) bond motifs is 2. The van der Waals surface area contributed by atoms with Crippen LogP contribution in [0.5, 0.6) is 0 Å². The molecular weight excluding hydrogens is 358 g/mol. The second kappa shape index (κ2) is 5.31. The van der Waals surface area contributed by atoms with Crippen molar-refractivity contribution < 1.29 is 0 Å². The Labute approximate surface area is 140 Å². The third-order valence-corrected chi connectivity index (χ3v) is 4.32. The van der Waals surface area contributed by atoms with Crippen molar-refractivity contribution in [3.8, 4) is 0 Å². The number of para-hydroxylation sites is 1. The van der Waals surface area contributed by atoms with Crippen molar-refractivity contribution in [3.63, 3.8) is 0 Å². The van der Waals surface area contributed by atoms with E-state index in [-0.39, 0.29) is 0 Å². The highest BCUT2D eigenvalue weighted by atomic mass is 79.9. The van der Waals surface area contributed by atoms with Crippen LogP contribution in [0.15, 0.2) is 29.1 Å². The smallest absolute Gasteiger partial charge is 0.164 e. The van der Waals surface area contributed by atoms with Gasteiger partial charge in [-0.1, -0.05) is 12.1 Å². The molecule has 0 radical (unpaired) electrons. The molecule has 0 bridgehead atoms. The van der Waals surface area contributed by atoms with E-state index in [1.165, 1.54) is 6.33 Å². The summed E-state index contributed by atoms with van der Waals surface area (Å²) in [5.41, 5.74) is 3.97. The van der Waals surface area contributed by atoms with E-state index in [2.05, 4.69) is 59.3 Å². The van der Waals surface area contributed by atoms with Crippen LogP contribution in [0.4, 0.5) is 5.82 Å². The summed E-state index contributed by atoms with van der Waals surface area (Å²) in [6, 6.07) is 6.11. The molecule has 0 unspecified atom stereocenters.